The Hall–Kier alpha value is -1.14. The van der Waals surface area contributed by atoms with Gasteiger partial charge in [0.05, 0.1) is 0 Å². The molecule has 0 aromatic heterocycles. The van der Waals surface area contributed by atoms with Gasteiger partial charge in [-0.1, -0.05) is 0 Å². The van der Waals surface area contributed by atoms with E-state index in [1.807, 2.05) is 0 Å². The molecule has 0 bridgehead atoms. The first-order valence-corrected chi connectivity index (χ1v) is 7.51. The predicted molar refractivity (Wildman–Crippen MR) is 75.0 cm³/mol. The van der Waals surface area contributed by atoms with E-state index in [9.17, 15) is 9.59 Å². The van der Waals surface area contributed by atoms with Crippen molar-refractivity contribution in [3.63, 3.8) is 0 Å². The highest BCUT2D eigenvalue weighted by atomic mass is 16.3. The number of amides is 2. The number of hydrogen-bond donors (Lipinski definition) is 3. The maximum Gasteiger partial charge on any atom is 0.312 e. The van der Waals surface area contributed by atoms with Crippen LogP contribution in [-0.2, 0) is 9.59 Å². The quantitative estimate of drug-likeness (QED) is 0.455. The van der Waals surface area contributed by atoms with Crippen molar-refractivity contribution >= 4 is 11.8 Å². The van der Waals surface area contributed by atoms with E-state index in [1.54, 1.807) is 4.90 Å². The summed E-state index contributed by atoms with van der Waals surface area (Å²) < 4.78 is 0. The van der Waals surface area contributed by atoms with Gasteiger partial charge in [0.1, 0.15) is 0 Å². The van der Waals surface area contributed by atoms with Crippen LogP contribution in [0.4, 0.5) is 0 Å². The Morgan fingerprint density at radius 1 is 1.10 bits per heavy atom. The number of carbonyl (C=O) groups excluding carboxylic acids is 2. The van der Waals surface area contributed by atoms with Crippen LogP contribution in [0.15, 0.2) is 0 Å². The molecule has 0 aromatic carbocycles. The SMILES string of the molecule is O=C(NCCCCCO)C(=O)N1CCCCC1CCO. The average Bonchev–Trinajstić information content (AvgIpc) is 2.47. The molecule has 6 heteroatoms. The summed E-state index contributed by atoms with van der Waals surface area (Å²) >= 11 is 0. The van der Waals surface area contributed by atoms with E-state index >= 15 is 0 Å². The molecule has 0 aromatic rings. The van der Waals surface area contributed by atoms with Gasteiger partial charge in [0.15, 0.2) is 0 Å². The summed E-state index contributed by atoms with van der Waals surface area (Å²) in [6.45, 7) is 1.26. The lowest BCUT2D eigenvalue weighted by Gasteiger charge is -2.35. The minimum absolute atomic E-state index is 0.0126. The molecule has 3 N–H and O–H groups in total. The molecule has 116 valence electrons. The van der Waals surface area contributed by atoms with Crippen molar-refractivity contribution in [1.29, 1.82) is 0 Å². The third-order valence-corrected chi connectivity index (χ3v) is 3.67. The fraction of sp³-hybridized carbons (Fsp3) is 0.857. The van der Waals surface area contributed by atoms with Gasteiger partial charge in [-0.05, 0) is 44.9 Å². The Morgan fingerprint density at radius 2 is 1.90 bits per heavy atom. The van der Waals surface area contributed by atoms with Crippen molar-refractivity contribution in [1.82, 2.24) is 10.2 Å². The molecule has 0 aliphatic carbocycles. The molecule has 0 radical (unpaired) electrons. The molecular weight excluding hydrogens is 260 g/mol. The van der Waals surface area contributed by atoms with Gasteiger partial charge in [-0.2, -0.15) is 0 Å². The number of nitrogens with zero attached hydrogens (tertiary/aromatic N) is 1. The first-order chi connectivity index (χ1) is 9.70. The van der Waals surface area contributed by atoms with E-state index < -0.39 is 11.8 Å². The molecule has 20 heavy (non-hydrogen) atoms. The Balaban J connectivity index is 2.35. The highest BCUT2D eigenvalue weighted by molar-refractivity contribution is 6.35. The second kappa shape index (κ2) is 9.72. The first-order valence-electron chi connectivity index (χ1n) is 7.51. The third kappa shape index (κ3) is 5.46. The van der Waals surface area contributed by atoms with Crippen molar-refractivity contribution in [2.24, 2.45) is 0 Å². The largest absolute Gasteiger partial charge is 0.396 e. The summed E-state index contributed by atoms with van der Waals surface area (Å²) in [4.78, 5) is 25.5. The van der Waals surface area contributed by atoms with Crippen LogP contribution in [0.3, 0.4) is 0 Å². The molecule has 2 amide bonds. The zero-order chi connectivity index (χ0) is 14.8. The number of unbranched alkanes of at least 4 members (excludes halogenated alkanes) is 2. The predicted octanol–water partition coefficient (Wildman–Crippen LogP) is 0.0287. The van der Waals surface area contributed by atoms with E-state index in [2.05, 4.69) is 5.32 Å². The minimum Gasteiger partial charge on any atom is -0.396 e. The van der Waals surface area contributed by atoms with Crippen molar-refractivity contribution in [3.05, 3.63) is 0 Å². The Kier molecular flexibility index (Phi) is 8.22. The lowest BCUT2D eigenvalue weighted by Crippen LogP contribution is -2.50. The summed E-state index contributed by atoms with van der Waals surface area (Å²) in [6.07, 6.45) is 5.66. The first kappa shape index (κ1) is 16.9. The summed E-state index contributed by atoms with van der Waals surface area (Å²) in [6, 6.07) is -0.0126. The van der Waals surface area contributed by atoms with Crippen molar-refractivity contribution in [2.45, 2.75) is 51.0 Å². The molecule has 0 spiro atoms. The van der Waals surface area contributed by atoms with Gasteiger partial charge < -0.3 is 20.4 Å². The Labute approximate surface area is 120 Å². The van der Waals surface area contributed by atoms with Crippen LogP contribution >= 0.6 is 0 Å². The average molecular weight is 286 g/mol. The zero-order valence-electron chi connectivity index (χ0n) is 12.0. The molecule has 1 heterocycles. The molecule has 1 saturated heterocycles. The number of hydrogen-bond acceptors (Lipinski definition) is 4. The molecule has 1 aliphatic rings. The van der Waals surface area contributed by atoms with Crippen LogP contribution in [0, 0.1) is 0 Å². The van der Waals surface area contributed by atoms with Gasteiger partial charge in [0.25, 0.3) is 0 Å². The molecule has 1 rings (SSSR count). The highest BCUT2D eigenvalue weighted by Crippen LogP contribution is 2.19. The van der Waals surface area contributed by atoms with Gasteiger partial charge in [0.2, 0.25) is 0 Å². The summed E-state index contributed by atoms with van der Waals surface area (Å²) in [5.74, 6) is -1.04. The van der Waals surface area contributed by atoms with E-state index in [-0.39, 0.29) is 19.3 Å². The lowest BCUT2D eigenvalue weighted by molar-refractivity contribution is -0.148. The number of aliphatic hydroxyl groups excluding tert-OH is 2. The number of aliphatic hydroxyl groups is 2. The second-order valence-corrected chi connectivity index (χ2v) is 5.20. The van der Waals surface area contributed by atoms with Crippen LogP contribution in [0.1, 0.15) is 44.9 Å². The van der Waals surface area contributed by atoms with Crippen LogP contribution < -0.4 is 5.32 Å². The van der Waals surface area contributed by atoms with Crippen molar-refractivity contribution in [3.8, 4) is 0 Å². The zero-order valence-corrected chi connectivity index (χ0v) is 12.0. The van der Waals surface area contributed by atoms with E-state index in [1.165, 1.54) is 0 Å². The normalized spacial score (nSPS) is 18.9. The number of nitrogens with one attached hydrogen (secondary N) is 1. The number of likely N-dealkylation sites (tertiary alicyclic amines) is 1. The van der Waals surface area contributed by atoms with Crippen molar-refractivity contribution in [2.75, 3.05) is 26.3 Å². The summed E-state index contributed by atoms with van der Waals surface area (Å²) in [7, 11) is 0. The lowest BCUT2D eigenvalue weighted by atomic mass is 9.99. The van der Waals surface area contributed by atoms with E-state index in [0.29, 0.717) is 25.9 Å². The molecule has 1 aliphatic heterocycles. The van der Waals surface area contributed by atoms with Crippen LogP contribution in [0.2, 0.25) is 0 Å². The van der Waals surface area contributed by atoms with Gasteiger partial charge in [0, 0.05) is 32.3 Å². The maximum absolute atomic E-state index is 12.1. The molecule has 1 fully saturated rings. The molecule has 1 atom stereocenters. The Bertz CT molecular complexity index is 308. The van der Waals surface area contributed by atoms with E-state index in [0.717, 1.165) is 32.1 Å². The number of piperidine rings is 1. The molecular formula is C14H26N2O4. The van der Waals surface area contributed by atoms with Crippen LogP contribution in [-0.4, -0.2) is 59.3 Å². The second-order valence-electron chi connectivity index (χ2n) is 5.20. The molecule has 6 nitrogen and oxygen atoms in total. The number of rotatable bonds is 7. The fourth-order valence-electron chi connectivity index (χ4n) is 2.54. The van der Waals surface area contributed by atoms with Gasteiger partial charge in [-0.3, -0.25) is 9.59 Å². The smallest absolute Gasteiger partial charge is 0.312 e. The standard InChI is InChI=1S/C14H26N2O4/c17-10-5-1-3-8-15-13(19)14(20)16-9-4-2-6-12(16)7-11-18/h12,17-18H,1-11H2,(H,15,19). The Morgan fingerprint density at radius 3 is 2.60 bits per heavy atom. The monoisotopic (exact) mass is 286 g/mol. The minimum atomic E-state index is -0.557. The topological polar surface area (TPSA) is 89.9 Å². The number of carbonyl (C=O) groups is 2. The van der Waals surface area contributed by atoms with Crippen molar-refractivity contribution < 1.29 is 19.8 Å². The van der Waals surface area contributed by atoms with Crippen LogP contribution in [0.5, 0.6) is 0 Å². The van der Waals surface area contributed by atoms with Crippen LogP contribution in [0.25, 0.3) is 0 Å². The maximum atomic E-state index is 12.1. The fourth-order valence-corrected chi connectivity index (χ4v) is 2.54. The van der Waals surface area contributed by atoms with E-state index in [4.69, 9.17) is 10.2 Å². The third-order valence-electron chi connectivity index (χ3n) is 3.67. The highest BCUT2D eigenvalue weighted by Gasteiger charge is 2.29. The van der Waals surface area contributed by atoms with Gasteiger partial charge >= 0.3 is 11.8 Å². The summed E-state index contributed by atoms with van der Waals surface area (Å²) in [5.41, 5.74) is 0. The molecule has 0 saturated carbocycles. The van der Waals surface area contributed by atoms with Gasteiger partial charge in [-0.25, -0.2) is 0 Å². The van der Waals surface area contributed by atoms with Gasteiger partial charge in [-0.15, -0.1) is 0 Å². The summed E-state index contributed by atoms with van der Waals surface area (Å²) in [5, 5.41) is 20.3. The molecule has 1 unspecified atom stereocenters.